The Bertz CT molecular complexity index is 623. The molecule has 118 valence electrons. The molecule has 8 heteroatoms. The first-order valence-electron chi connectivity index (χ1n) is 6.79. The molecule has 0 spiro atoms. The molecule has 1 heterocycles. The van der Waals surface area contributed by atoms with Crippen LogP contribution in [0.15, 0.2) is 10.3 Å². The molecule has 1 fully saturated rings. The van der Waals surface area contributed by atoms with Crippen molar-refractivity contribution in [3.05, 3.63) is 16.5 Å². The highest BCUT2D eigenvalue weighted by Crippen LogP contribution is 2.31. The largest absolute Gasteiger partial charge is 0.477 e. The summed E-state index contributed by atoms with van der Waals surface area (Å²) in [5, 5.41) is 18.2. The number of carboxylic acid groups (broad SMARTS) is 1. The van der Waals surface area contributed by atoms with Crippen LogP contribution >= 0.6 is 11.3 Å². The zero-order chi connectivity index (χ0) is 15.6. The Balaban J connectivity index is 2.08. The summed E-state index contributed by atoms with van der Waals surface area (Å²) in [4.78, 5) is 11.0. The third kappa shape index (κ3) is 3.63. The molecule has 0 radical (unpaired) electrons. The Morgan fingerprint density at radius 2 is 2.10 bits per heavy atom. The highest BCUT2D eigenvalue weighted by Gasteiger charge is 2.29. The molecule has 0 amide bonds. The molecular formula is C13H19NO5S2. The fourth-order valence-corrected chi connectivity index (χ4v) is 5.23. The maximum atomic E-state index is 12.2. The zero-order valence-electron chi connectivity index (χ0n) is 11.7. The van der Waals surface area contributed by atoms with E-state index >= 15 is 0 Å². The van der Waals surface area contributed by atoms with Crippen LogP contribution in [0.5, 0.6) is 0 Å². The van der Waals surface area contributed by atoms with Crippen molar-refractivity contribution in [2.24, 2.45) is 11.8 Å². The molecule has 21 heavy (non-hydrogen) atoms. The average molecular weight is 333 g/mol. The van der Waals surface area contributed by atoms with E-state index in [0.717, 1.165) is 30.6 Å². The van der Waals surface area contributed by atoms with Crippen LogP contribution < -0.4 is 4.72 Å². The Labute approximate surface area is 127 Å². The smallest absolute Gasteiger partial charge is 0.346 e. The molecule has 2 atom stereocenters. The van der Waals surface area contributed by atoms with Crippen molar-refractivity contribution in [1.29, 1.82) is 0 Å². The van der Waals surface area contributed by atoms with Gasteiger partial charge in [-0.05, 0) is 43.2 Å². The molecule has 1 saturated carbocycles. The van der Waals surface area contributed by atoms with Crippen molar-refractivity contribution in [2.45, 2.75) is 30.4 Å². The van der Waals surface area contributed by atoms with Crippen molar-refractivity contribution in [3.8, 4) is 0 Å². The van der Waals surface area contributed by atoms with E-state index in [4.69, 9.17) is 5.11 Å². The number of aromatic carboxylic acids is 1. The monoisotopic (exact) mass is 333 g/mol. The number of rotatable bonds is 6. The number of carboxylic acids is 1. The predicted octanol–water partition coefficient (Wildman–Crippen LogP) is 1.44. The number of aryl methyl sites for hydroxylation is 1. The molecule has 0 aromatic carbocycles. The van der Waals surface area contributed by atoms with Crippen LogP contribution in [0.4, 0.5) is 0 Å². The fourth-order valence-electron chi connectivity index (χ4n) is 2.71. The van der Waals surface area contributed by atoms with Gasteiger partial charge in [-0.15, -0.1) is 11.3 Å². The van der Waals surface area contributed by atoms with E-state index in [2.05, 4.69) is 4.72 Å². The standard InChI is InChI=1S/C13H19NO5S2/c1-8-5-11(20-12(8)13(16)17)21(18,19)14-6-9-3-2-4-10(9)7-15/h5,9-10,14-15H,2-4,6-7H2,1H3,(H,16,17). The quantitative estimate of drug-likeness (QED) is 0.731. The minimum absolute atomic E-state index is 0.0240. The molecule has 2 rings (SSSR count). The maximum Gasteiger partial charge on any atom is 0.346 e. The maximum absolute atomic E-state index is 12.2. The molecule has 1 aromatic rings. The number of carbonyl (C=O) groups is 1. The molecule has 1 aliphatic carbocycles. The van der Waals surface area contributed by atoms with Crippen molar-refractivity contribution < 1.29 is 23.4 Å². The lowest BCUT2D eigenvalue weighted by Crippen LogP contribution is -2.31. The SMILES string of the molecule is Cc1cc(S(=O)(=O)NCC2CCCC2CO)sc1C(=O)O. The van der Waals surface area contributed by atoms with Gasteiger partial charge < -0.3 is 10.2 Å². The summed E-state index contributed by atoms with van der Waals surface area (Å²) in [6, 6.07) is 1.38. The van der Waals surface area contributed by atoms with Crippen molar-refractivity contribution in [3.63, 3.8) is 0 Å². The topological polar surface area (TPSA) is 104 Å². The van der Waals surface area contributed by atoms with Gasteiger partial charge in [0.05, 0.1) is 0 Å². The van der Waals surface area contributed by atoms with Gasteiger partial charge in [-0.1, -0.05) is 6.42 Å². The second kappa shape index (κ2) is 6.43. The van der Waals surface area contributed by atoms with E-state index in [1.807, 2.05) is 0 Å². The predicted molar refractivity (Wildman–Crippen MR) is 79.1 cm³/mol. The summed E-state index contributed by atoms with van der Waals surface area (Å²) >= 11 is 0.764. The van der Waals surface area contributed by atoms with Gasteiger partial charge >= 0.3 is 5.97 Å². The number of sulfonamides is 1. The second-order valence-electron chi connectivity index (χ2n) is 5.37. The number of aliphatic hydroxyl groups is 1. The summed E-state index contributed by atoms with van der Waals surface area (Å²) in [5.41, 5.74) is 0.446. The minimum atomic E-state index is -3.69. The van der Waals surface area contributed by atoms with Crippen LogP contribution in [0.2, 0.25) is 0 Å². The van der Waals surface area contributed by atoms with Gasteiger partial charge in [0.1, 0.15) is 9.09 Å². The molecule has 2 unspecified atom stereocenters. The van der Waals surface area contributed by atoms with Crippen molar-refractivity contribution in [2.75, 3.05) is 13.2 Å². The van der Waals surface area contributed by atoms with Crippen LogP contribution in [-0.4, -0.2) is 37.8 Å². The minimum Gasteiger partial charge on any atom is -0.477 e. The van der Waals surface area contributed by atoms with E-state index in [0.29, 0.717) is 5.56 Å². The lowest BCUT2D eigenvalue weighted by molar-refractivity contribution is 0.0701. The van der Waals surface area contributed by atoms with E-state index in [1.165, 1.54) is 6.07 Å². The first-order chi connectivity index (χ1) is 9.85. The molecule has 1 aliphatic rings. The molecule has 3 N–H and O–H groups in total. The average Bonchev–Trinajstić information content (AvgIpc) is 3.02. The molecular weight excluding hydrogens is 314 g/mol. The molecule has 0 saturated heterocycles. The Morgan fingerprint density at radius 3 is 2.67 bits per heavy atom. The normalized spacial score (nSPS) is 22.6. The summed E-state index contributed by atoms with van der Waals surface area (Å²) in [6.45, 7) is 1.94. The number of aliphatic hydroxyl groups excluding tert-OH is 1. The first kappa shape index (κ1) is 16.4. The molecule has 0 bridgehead atoms. The second-order valence-corrected chi connectivity index (χ2v) is 8.41. The lowest BCUT2D eigenvalue weighted by Gasteiger charge is -2.17. The van der Waals surface area contributed by atoms with Gasteiger partial charge in [0, 0.05) is 13.2 Å². The van der Waals surface area contributed by atoms with Gasteiger partial charge in [0.2, 0.25) is 10.0 Å². The van der Waals surface area contributed by atoms with Gasteiger partial charge in [-0.3, -0.25) is 0 Å². The van der Waals surface area contributed by atoms with E-state index in [-0.39, 0.29) is 34.1 Å². The molecule has 0 aliphatic heterocycles. The Kier molecular flexibility index (Phi) is 5.03. The van der Waals surface area contributed by atoms with Crippen LogP contribution in [0, 0.1) is 18.8 Å². The summed E-state index contributed by atoms with van der Waals surface area (Å²) in [5.74, 6) is -0.827. The highest BCUT2D eigenvalue weighted by atomic mass is 32.2. The van der Waals surface area contributed by atoms with Crippen LogP contribution in [0.25, 0.3) is 0 Å². The Morgan fingerprint density at radius 1 is 1.43 bits per heavy atom. The highest BCUT2D eigenvalue weighted by molar-refractivity contribution is 7.91. The number of thiophene rings is 1. The number of hydrogen-bond donors (Lipinski definition) is 3. The van der Waals surface area contributed by atoms with Crippen LogP contribution in [0.1, 0.15) is 34.5 Å². The Hall–Kier alpha value is -0.960. The number of hydrogen-bond acceptors (Lipinski definition) is 5. The third-order valence-electron chi connectivity index (χ3n) is 3.94. The summed E-state index contributed by atoms with van der Waals surface area (Å²) in [7, 11) is -3.69. The van der Waals surface area contributed by atoms with Gasteiger partial charge in [-0.25, -0.2) is 17.9 Å². The summed E-state index contributed by atoms with van der Waals surface area (Å²) in [6.07, 6.45) is 2.82. The van der Waals surface area contributed by atoms with Crippen LogP contribution in [0.3, 0.4) is 0 Å². The van der Waals surface area contributed by atoms with E-state index in [1.54, 1.807) is 6.92 Å². The van der Waals surface area contributed by atoms with Gasteiger partial charge in [-0.2, -0.15) is 0 Å². The van der Waals surface area contributed by atoms with Crippen molar-refractivity contribution in [1.82, 2.24) is 4.72 Å². The zero-order valence-corrected chi connectivity index (χ0v) is 13.3. The van der Waals surface area contributed by atoms with Gasteiger partial charge in [0.15, 0.2) is 0 Å². The third-order valence-corrected chi connectivity index (χ3v) is 7.06. The number of nitrogens with one attached hydrogen (secondary N) is 1. The lowest BCUT2D eigenvalue weighted by atomic mass is 9.97. The fraction of sp³-hybridized carbons (Fsp3) is 0.615. The first-order valence-corrected chi connectivity index (χ1v) is 9.09. The molecule has 1 aromatic heterocycles. The summed E-state index contributed by atoms with van der Waals surface area (Å²) < 4.78 is 27.0. The molecule has 6 nitrogen and oxygen atoms in total. The van der Waals surface area contributed by atoms with E-state index in [9.17, 15) is 18.3 Å². The van der Waals surface area contributed by atoms with E-state index < -0.39 is 16.0 Å². The van der Waals surface area contributed by atoms with Gasteiger partial charge in [0.25, 0.3) is 0 Å². The van der Waals surface area contributed by atoms with Crippen molar-refractivity contribution >= 4 is 27.3 Å². The van der Waals surface area contributed by atoms with Crippen LogP contribution in [-0.2, 0) is 10.0 Å².